The third kappa shape index (κ3) is 2.88. The minimum Gasteiger partial charge on any atom is -0.333 e. The Labute approximate surface area is 133 Å². The van der Waals surface area contributed by atoms with E-state index < -0.39 is 9.84 Å². The highest BCUT2D eigenvalue weighted by Gasteiger charge is 2.45. The lowest BCUT2D eigenvalue weighted by molar-refractivity contribution is 0.0598. The van der Waals surface area contributed by atoms with Gasteiger partial charge in [-0.25, -0.2) is 8.42 Å². The maximum Gasteiger partial charge on any atom is 0.254 e. The Bertz CT molecular complexity index is 659. The summed E-state index contributed by atoms with van der Waals surface area (Å²) in [5.41, 5.74) is 0.666. The highest BCUT2D eigenvalue weighted by Crippen LogP contribution is 2.39. The first-order valence-corrected chi connectivity index (χ1v) is 9.88. The molecule has 0 N–H and O–H groups in total. The number of carbonyl (C=O) groups excluding carboxylic acids is 1. The van der Waals surface area contributed by atoms with E-state index in [2.05, 4.69) is 15.9 Å². The average molecular weight is 372 g/mol. The van der Waals surface area contributed by atoms with Crippen molar-refractivity contribution in [3.8, 4) is 0 Å². The number of piperidine rings is 1. The fraction of sp³-hybridized carbons (Fsp3) is 0.533. The Morgan fingerprint density at radius 2 is 1.86 bits per heavy atom. The van der Waals surface area contributed by atoms with Crippen LogP contribution in [0.25, 0.3) is 0 Å². The van der Waals surface area contributed by atoms with Gasteiger partial charge in [-0.05, 0) is 43.9 Å². The number of halogens is 1. The zero-order chi connectivity index (χ0) is 15.2. The summed E-state index contributed by atoms with van der Waals surface area (Å²) in [5.74, 6) is 0.0238. The normalized spacial score (nSPS) is 28.7. The topological polar surface area (TPSA) is 54.5 Å². The van der Waals surface area contributed by atoms with Crippen molar-refractivity contribution < 1.29 is 13.2 Å². The van der Waals surface area contributed by atoms with E-state index in [1.807, 2.05) is 29.2 Å². The van der Waals surface area contributed by atoms with Crippen molar-refractivity contribution in [2.75, 3.05) is 6.26 Å². The molecule has 21 heavy (non-hydrogen) atoms. The van der Waals surface area contributed by atoms with E-state index in [9.17, 15) is 13.2 Å². The van der Waals surface area contributed by atoms with Crippen molar-refractivity contribution in [2.45, 2.75) is 43.0 Å². The van der Waals surface area contributed by atoms with E-state index in [1.54, 1.807) is 0 Å². The Kier molecular flexibility index (Phi) is 3.86. The second kappa shape index (κ2) is 5.39. The van der Waals surface area contributed by atoms with Gasteiger partial charge in [-0.2, -0.15) is 0 Å². The summed E-state index contributed by atoms with van der Waals surface area (Å²) in [6.45, 7) is 0. The molecule has 2 saturated heterocycles. The first-order valence-electron chi connectivity index (χ1n) is 7.13. The summed E-state index contributed by atoms with van der Waals surface area (Å²) in [6.07, 6.45) is 4.29. The molecule has 114 valence electrons. The van der Waals surface area contributed by atoms with E-state index in [0.29, 0.717) is 18.4 Å². The molecule has 6 heteroatoms. The number of sulfone groups is 1. The van der Waals surface area contributed by atoms with Crippen LogP contribution in [-0.2, 0) is 9.84 Å². The molecule has 0 aromatic heterocycles. The average Bonchev–Trinajstić information content (AvgIpc) is 2.66. The predicted molar refractivity (Wildman–Crippen MR) is 85.0 cm³/mol. The molecule has 2 bridgehead atoms. The predicted octanol–water partition coefficient (Wildman–Crippen LogP) is 2.63. The summed E-state index contributed by atoms with van der Waals surface area (Å²) in [6, 6.07) is 7.51. The van der Waals surface area contributed by atoms with Gasteiger partial charge in [0.15, 0.2) is 0 Å². The molecule has 2 fully saturated rings. The van der Waals surface area contributed by atoms with Crippen LogP contribution in [0.2, 0.25) is 0 Å². The Balaban J connectivity index is 1.84. The lowest BCUT2D eigenvalue weighted by Crippen LogP contribution is -2.49. The summed E-state index contributed by atoms with van der Waals surface area (Å²) in [4.78, 5) is 14.6. The second-order valence-corrected chi connectivity index (χ2v) is 9.27. The number of nitrogens with zero attached hydrogens (tertiary/aromatic N) is 1. The number of amides is 1. The molecule has 1 unspecified atom stereocenters. The fourth-order valence-corrected chi connectivity index (χ4v) is 5.12. The van der Waals surface area contributed by atoms with Gasteiger partial charge in [-0.3, -0.25) is 4.79 Å². The van der Waals surface area contributed by atoms with Crippen LogP contribution in [0.15, 0.2) is 28.7 Å². The Morgan fingerprint density at radius 3 is 2.38 bits per heavy atom. The number of hydrogen-bond donors (Lipinski definition) is 0. The van der Waals surface area contributed by atoms with Gasteiger partial charge in [0.25, 0.3) is 5.91 Å². The van der Waals surface area contributed by atoms with Gasteiger partial charge in [-0.1, -0.05) is 22.0 Å². The van der Waals surface area contributed by atoms with Gasteiger partial charge in [0.05, 0.1) is 5.25 Å². The summed E-state index contributed by atoms with van der Waals surface area (Å²) < 4.78 is 24.5. The summed E-state index contributed by atoms with van der Waals surface area (Å²) in [7, 11) is -3.02. The first kappa shape index (κ1) is 15.0. The largest absolute Gasteiger partial charge is 0.333 e. The van der Waals surface area contributed by atoms with Crippen molar-refractivity contribution in [3.05, 3.63) is 34.3 Å². The van der Waals surface area contributed by atoms with Crippen LogP contribution in [0.5, 0.6) is 0 Å². The highest BCUT2D eigenvalue weighted by atomic mass is 79.9. The smallest absolute Gasteiger partial charge is 0.254 e. The molecule has 3 atom stereocenters. The SMILES string of the molecule is CS(=O)(=O)C1C[C@H]2CC[C@@H](C1)N2C(=O)c1cccc(Br)c1. The third-order valence-corrected chi connectivity index (χ3v) is 6.69. The second-order valence-electron chi connectivity index (χ2n) is 6.03. The van der Waals surface area contributed by atoms with Gasteiger partial charge in [0.1, 0.15) is 9.84 Å². The molecule has 2 aliphatic heterocycles. The van der Waals surface area contributed by atoms with Gasteiger partial charge >= 0.3 is 0 Å². The molecule has 2 aliphatic rings. The molecule has 0 radical (unpaired) electrons. The molecular formula is C15H18BrNO3S. The molecule has 1 aromatic rings. The number of fused-ring (bicyclic) bond motifs is 2. The molecule has 4 nitrogen and oxygen atoms in total. The van der Waals surface area contributed by atoms with Gasteiger partial charge in [0.2, 0.25) is 0 Å². The molecule has 0 saturated carbocycles. The van der Waals surface area contributed by atoms with E-state index in [-0.39, 0.29) is 23.2 Å². The summed E-state index contributed by atoms with van der Waals surface area (Å²) in [5, 5.41) is -0.290. The fourth-order valence-electron chi connectivity index (χ4n) is 3.58. The molecular weight excluding hydrogens is 354 g/mol. The molecule has 0 spiro atoms. The lowest BCUT2D eigenvalue weighted by atomic mass is 10.0. The van der Waals surface area contributed by atoms with Crippen LogP contribution in [0.4, 0.5) is 0 Å². The van der Waals surface area contributed by atoms with Crippen LogP contribution >= 0.6 is 15.9 Å². The zero-order valence-electron chi connectivity index (χ0n) is 11.8. The van der Waals surface area contributed by atoms with Gasteiger partial charge < -0.3 is 4.90 Å². The first-order chi connectivity index (χ1) is 9.86. The number of benzene rings is 1. The van der Waals surface area contributed by atoms with Crippen molar-refractivity contribution in [1.82, 2.24) is 4.90 Å². The van der Waals surface area contributed by atoms with Crippen LogP contribution in [-0.4, -0.2) is 42.8 Å². The van der Waals surface area contributed by atoms with E-state index in [1.165, 1.54) is 6.26 Å². The number of rotatable bonds is 2. The molecule has 2 heterocycles. The maximum absolute atomic E-state index is 12.7. The highest BCUT2D eigenvalue weighted by molar-refractivity contribution is 9.10. The zero-order valence-corrected chi connectivity index (χ0v) is 14.2. The molecule has 0 aliphatic carbocycles. The minimum atomic E-state index is -3.02. The maximum atomic E-state index is 12.7. The third-order valence-electron chi connectivity index (χ3n) is 4.60. The van der Waals surface area contributed by atoms with Crippen LogP contribution in [0.1, 0.15) is 36.0 Å². The molecule has 1 aromatic carbocycles. The van der Waals surface area contributed by atoms with Crippen LogP contribution < -0.4 is 0 Å². The standard InChI is InChI=1S/C15H18BrNO3S/c1-21(19,20)14-8-12-5-6-13(9-14)17(12)15(18)10-3-2-4-11(16)7-10/h2-4,7,12-14H,5-6,8-9H2,1H3/t12-,13+,14?. The van der Waals surface area contributed by atoms with E-state index >= 15 is 0 Å². The lowest BCUT2D eigenvalue weighted by Gasteiger charge is -2.38. The quantitative estimate of drug-likeness (QED) is 0.802. The molecule has 1 amide bonds. The Morgan fingerprint density at radius 1 is 1.24 bits per heavy atom. The van der Waals surface area contributed by atoms with Crippen molar-refractivity contribution in [2.24, 2.45) is 0 Å². The van der Waals surface area contributed by atoms with Crippen molar-refractivity contribution in [3.63, 3.8) is 0 Å². The van der Waals surface area contributed by atoms with Crippen molar-refractivity contribution >= 4 is 31.7 Å². The van der Waals surface area contributed by atoms with Crippen LogP contribution in [0.3, 0.4) is 0 Å². The Hall–Kier alpha value is -0.880. The van der Waals surface area contributed by atoms with Crippen LogP contribution in [0, 0.1) is 0 Å². The van der Waals surface area contributed by atoms with E-state index in [4.69, 9.17) is 0 Å². The number of carbonyl (C=O) groups is 1. The van der Waals surface area contributed by atoms with Crippen molar-refractivity contribution in [1.29, 1.82) is 0 Å². The molecule has 3 rings (SSSR count). The minimum absolute atomic E-state index is 0.0238. The monoisotopic (exact) mass is 371 g/mol. The number of hydrogen-bond acceptors (Lipinski definition) is 3. The van der Waals surface area contributed by atoms with Gasteiger partial charge in [0, 0.05) is 28.4 Å². The van der Waals surface area contributed by atoms with Gasteiger partial charge in [-0.15, -0.1) is 0 Å². The van der Waals surface area contributed by atoms with E-state index in [0.717, 1.165) is 17.3 Å². The summed E-state index contributed by atoms with van der Waals surface area (Å²) >= 11 is 3.39.